The summed E-state index contributed by atoms with van der Waals surface area (Å²) in [5.41, 5.74) is 5.38. The van der Waals surface area contributed by atoms with Gasteiger partial charge < -0.3 is 0 Å². The standard InChI is InChI=1S/C50H32N4SSi/c1-3-15-34(16-4-1)56(35-17-5-2-6-18-35,37-26-27-38-39-20-7-10-23-44(39)53-29-28-51-49(53)42(38)31-37)36-19-13-14-33(30-36)54-45-24-11-8-22-41(45)47-48-43(32-52-50(47)54)40-21-9-12-25-46(40)55-48/h1-32H. The molecule has 0 aliphatic carbocycles. The predicted octanol–water partition coefficient (Wildman–Crippen LogP) is 9.88. The first kappa shape index (κ1) is 31.5. The van der Waals surface area contributed by atoms with E-state index in [1.807, 2.05) is 17.5 Å². The largest absolute Gasteiger partial charge is 0.299 e. The Morgan fingerprint density at radius 2 is 1.11 bits per heavy atom. The van der Waals surface area contributed by atoms with E-state index in [1.165, 1.54) is 62.5 Å². The van der Waals surface area contributed by atoms with E-state index in [4.69, 9.17) is 9.97 Å². The zero-order chi connectivity index (χ0) is 36.8. The zero-order valence-corrected chi connectivity index (χ0v) is 32.0. The molecule has 0 saturated carbocycles. The number of aromatic nitrogens is 4. The molecule has 0 spiro atoms. The van der Waals surface area contributed by atoms with Crippen molar-refractivity contribution in [3.63, 3.8) is 0 Å². The fraction of sp³-hybridized carbons (Fsp3) is 0. The van der Waals surface area contributed by atoms with Gasteiger partial charge in [0.25, 0.3) is 0 Å². The van der Waals surface area contributed by atoms with Gasteiger partial charge in [-0.25, -0.2) is 9.97 Å². The summed E-state index contributed by atoms with van der Waals surface area (Å²) in [5.74, 6) is 0. The number of para-hydroxylation sites is 2. The maximum Gasteiger partial charge on any atom is 0.179 e. The van der Waals surface area contributed by atoms with Gasteiger partial charge in [-0.15, -0.1) is 11.3 Å². The molecule has 5 heterocycles. The van der Waals surface area contributed by atoms with Gasteiger partial charge in [0.15, 0.2) is 8.07 Å². The molecule has 262 valence electrons. The SMILES string of the molecule is c1ccc([Si](c2ccccc2)(c2cccc(-n3c4ccccc4c4c5sc6ccccc6c5cnc43)c2)c2ccc3c4ccccc4n4ccnc4c3c2)cc1. The van der Waals surface area contributed by atoms with Crippen molar-refractivity contribution in [1.29, 1.82) is 0 Å². The molecular formula is C50H32N4SSi. The first-order chi connectivity index (χ1) is 27.8. The molecule has 0 bridgehead atoms. The Balaban J connectivity index is 1.18. The summed E-state index contributed by atoms with van der Waals surface area (Å²) in [6.45, 7) is 0. The van der Waals surface area contributed by atoms with E-state index in [0.29, 0.717) is 0 Å². The van der Waals surface area contributed by atoms with E-state index in [0.717, 1.165) is 33.4 Å². The number of imidazole rings is 1. The first-order valence-electron chi connectivity index (χ1n) is 19.0. The van der Waals surface area contributed by atoms with Crippen molar-refractivity contribution in [2.24, 2.45) is 0 Å². The molecule has 0 radical (unpaired) electrons. The molecule has 6 heteroatoms. The number of thiophene rings is 1. The fourth-order valence-corrected chi connectivity index (χ4v) is 15.4. The lowest BCUT2D eigenvalue weighted by molar-refractivity contribution is 1.14. The van der Waals surface area contributed by atoms with Crippen LogP contribution in [0.15, 0.2) is 195 Å². The van der Waals surface area contributed by atoms with Crippen molar-refractivity contribution in [2.75, 3.05) is 0 Å². The lowest BCUT2D eigenvalue weighted by Crippen LogP contribution is -2.74. The summed E-state index contributed by atoms with van der Waals surface area (Å²) in [7, 11) is -2.97. The third kappa shape index (κ3) is 4.33. The highest BCUT2D eigenvalue weighted by molar-refractivity contribution is 7.26. The maximum absolute atomic E-state index is 5.27. The number of hydrogen-bond donors (Lipinski definition) is 0. The summed E-state index contributed by atoms with van der Waals surface area (Å²) in [6, 6.07) is 65.0. The minimum atomic E-state index is -2.97. The van der Waals surface area contributed by atoms with Crippen LogP contribution in [0.25, 0.3) is 75.1 Å². The van der Waals surface area contributed by atoms with Gasteiger partial charge in [-0.1, -0.05) is 146 Å². The molecule has 5 aromatic heterocycles. The second-order valence-electron chi connectivity index (χ2n) is 14.6. The van der Waals surface area contributed by atoms with E-state index < -0.39 is 8.07 Å². The highest BCUT2D eigenvalue weighted by atomic mass is 32.1. The van der Waals surface area contributed by atoms with Crippen molar-refractivity contribution in [3.8, 4) is 5.69 Å². The molecule has 0 aliphatic heterocycles. The zero-order valence-electron chi connectivity index (χ0n) is 30.2. The van der Waals surface area contributed by atoms with Gasteiger partial charge in [0.1, 0.15) is 11.3 Å². The second-order valence-corrected chi connectivity index (χ2v) is 19.4. The van der Waals surface area contributed by atoms with Crippen LogP contribution in [0.4, 0.5) is 0 Å². The average molecular weight is 749 g/mol. The Hall–Kier alpha value is -6.86. The van der Waals surface area contributed by atoms with Gasteiger partial charge >= 0.3 is 0 Å². The van der Waals surface area contributed by atoms with Crippen LogP contribution in [0, 0.1) is 0 Å². The topological polar surface area (TPSA) is 35.1 Å². The molecule has 0 atom stereocenters. The average Bonchev–Trinajstić information content (AvgIpc) is 4.00. The van der Waals surface area contributed by atoms with Crippen molar-refractivity contribution >= 4 is 110 Å². The Bertz CT molecular complexity index is 3450. The summed E-state index contributed by atoms with van der Waals surface area (Å²) in [5, 5.41) is 13.8. The lowest BCUT2D eigenvalue weighted by atomic mass is 10.1. The molecule has 0 amide bonds. The van der Waals surface area contributed by atoms with Crippen LogP contribution in [0.2, 0.25) is 0 Å². The number of rotatable bonds is 5. The van der Waals surface area contributed by atoms with E-state index in [-0.39, 0.29) is 0 Å². The Morgan fingerprint density at radius 1 is 0.446 bits per heavy atom. The number of fused-ring (bicyclic) bond motifs is 13. The Morgan fingerprint density at radius 3 is 1.91 bits per heavy atom. The van der Waals surface area contributed by atoms with Crippen LogP contribution in [0.3, 0.4) is 0 Å². The second kappa shape index (κ2) is 12.1. The first-order valence-corrected chi connectivity index (χ1v) is 21.8. The van der Waals surface area contributed by atoms with Crippen LogP contribution in [-0.2, 0) is 0 Å². The van der Waals surface area contributed by atoms with Crippen molar-refractivity contribution in [3.05, 3.63) is 195 Å². The van der Waals surface area contributed by atoms with E-state index >= 15 is 0 Å². The minimum Gasteiger partial charge on any atom is -0.299 e. The molecule has 0 N–H and O–H groups in total. The molecule has 4 nitrogen and oxygen atoms in total. The summed E-state index contributed by atoms with van der Waals surface area (Å²) in [4.78, 5) is 10.2. The summed E-state index contributed by atoms with van der Waals surface area (Å²) in [6.07, 6.45) is 6.08. The molecule has 0 aliphatic rings. The van der Waals surface area contributed by atoms with Crippen molar-refractivity contribution < 1.29 is 0 Å². The molecule has 0 fully saturated rings. The number of benzene rings is 7. The minimum absolute atomic E-state index is 0.974. The molecule has 7 aromatic carbocycles. The normalized spacial score (nSPS) is 12.3. The monoisotopic (exact) mass is 748 g/mol. The summed E-state index contributed by atoms with van der Waals surface area (Å²) >= 11 is 1.86. The van der Waals surface area contributed by atoms with Crippen molar-refractivity contribution in [1.82, 2.24) is 18.9 Å². The third-order valence-electron chi connectivity index (χ3n) is 11.8. The maximum atomic E-state index is 5.27. The fourth-order valence-electron chi connectivity index (χ4n) is 9.40. The number of pyridine rings is 2. The van der Waals surface area contributed by atoms with Crippen molar-refractivity contribution in [2.45, 2.75) is 0 Å². The molecule has 0 saturated heterocycles. The highest BCUT2D eigenvalue weighted by Gasteiger charge is 2.42. The molecule has 12 rings (SSSR count). The van der Waals surface area contributed by atoms with Crippen LogP contribution in [0.5, 0.6) is 0 Å². The molecular weight excluding hydrogens is 717 g/mol. The van der Waals surface area contributed by atoms with E-state index in [2.05, 4.69) is 197 Å². The van der Waals surface area contributed by atoms with Crippen LogP contribution in [0.1, 0.15) is 0 Å². The van der Waals surface area contributed by atoms with Gasteiger partial charge in [-0.05, 0) is 56.5 Å². The van der Waals surface area contributed by atoms with Gasteiger partial charge in [-0.2, -0.15) is 0 Å². The smallest absolute Gasteiger partial charge is 0.179 e. The van der Waals surface area contributed by atoms with Gasteiger partial charge in [0, 0.05) is 66.0 Å². The van der Waals surface area contributed by atoms with Crippen LogP contribution >= 0.6 is 11.3 Å². The quantitative estimate of drug-likeness (QED) is 0.0999. The van der Waals surface area contributed by atoms with Gasteiger partial charge in [0.2, 0.25) is 0 Å². The van der Waals surface area contributed by atoms with Crippen LogP contribution < -0.4 is 20.7 Å². The van der Waals surface area contributed by atoms with E-state index in [9.17, 15) is 0 Å². The van der Waals surface area contributed by atoms with Crippen LogP contribution in [-0.4, -0.2) is 27.0 Å². The molecule has 56 heavy (non-hydrogen) atoms. The molecule has 0 unspecified atom stereocenters. The number of nitrogens with zero attached hydrogens (tertiary/aromatic N) is 4. The lowest BCUT2D eigenvalue weighted by Gasteiger charge is -2.35. The third-order valence-corrected chi connectivity index (χ3v) is 17.7. The van der Waals surface area contributed by atoms with Gasteiger partial charge in [-0.3, -0.25) is 8.97 Å². The van der Waals surface area contributed by atoms with Gasteiger partial charge in [0.05, 0.1) is 11.0 Å². The predicted molar refractivity (Wildman–Crippen MR) is 239 cm³/mol. The number of hydrogen-bond acceptors (Lipinski definition) is 3. The Kier molecular flexibility index (Phi) is 6.79. The summed E-state index contributed by atoms with van der Waals surface area (Å²) < 4.78 is 7.19. The molecule has 12 aromatic rings. The van der Waals surface area contributed by atoms with E-state index in [1.54, 1.807) is 0 Å². The Labute approximate surface area is 327 Å². The highest BCUT2D eigenvalue weighted by Crippen LogP contribution is 2.42.